The highest BCUT2D eigenvalue weighted by Crippen LogP contribution is 2.38. The van der Waals surface area contributed by atoms with Gasteiger partial charge in [0.05, 0.1) is 35.4 Å². The van der Waals surface area contributed by atoms with E-state index in [2.05, 4.69) is 38.1 Å². The van der Waals surface area contributed by atoms with Gasteiger partial charge in [-0.05, 0) is 96.1 Å². The van der Waals surface area contributed by atoms with Crippen molar-refractivity contribution >= 4 is 39.5 Å². The monoisotopic (exact) mass is 659 g/mol. The molecule has 0 fully saturated rings. The highest BCUT2D eigenvalue weighted by Gasteiger charge is 2.19. The third-order valence-corrected chi connectivity index (χ3v) is 8.46. The number of halogens is 1. The molecular formula is C40H38ClN3O4. The van der Waals surface area contributed by atoms with E-state index in [9.17, 15) is 4.79 Å². The van der Waals surface area contributed by atoms with E-state index in [1.165, 1.54) is 4.68 Å². The first-order valence-corrected chi connectivity index (χ1v) is 16.6. The van der Waals surface area contributed by atoms with Gasteiger partial charge in [0.15, 0.2) is 17.3 Å². The van der Waals surface area contributed by atoms with E-state index in [0.29, 0.717) is 58.6 Å². The number of para-hydroxylation sites is 1. The molecule has 0 saturated carbocycles. The zero-order valence-corrected chi connectivity index (χ0v) is 28.5. The van der Waals surface area contributed by atoms with Crippen molar-refractivity contribution in [3.63, 3.8) is 0 Å². The molecule has 244 valence electrons. The van der Waals surface area contributed by atoms with Crippen LogP contribution < -0.4 is 19.8 Å². The van der Waals surface area contributed by atoms with E-state index in [0.717, 1.165) is 38.8 Å². The molecule has 0 bridgehead atoms. The molecule has 48 heavy (non-hydrogen) atoms. The van der Waals surface area contributed by atoms with E-state index in [1.54, 1.807) is 18.3 Å². The largest absolute Gasteiger partial charge is 0.494 e. The Morgan fingerprint density at radius 3 is 2.33 bits per heavy atom. The molecule has 0 amide bonds. The molecule has 0 aliphatic rings. The van der Waals surface area contributed by atoms with Gasteiger partial charge in [-0.2, -0.15) is 9.78 Å². The van der Waals surface area contributed by atoms with Crippen LogP contribution >= 0.6 is 11.6 Å². The number of aromatic nitrogens is 2. The number of rotatable bonds is 11. The van der Waals surface area contributed by atoms with Crippen molar-refractivity contribution in [2.24, 2.45) is 5.10 Å². The first kappa shape index (κ1) is 32.8. The van der Waals surface area contributed by atoms with E-state index in [1.807, 2.05) is 75.4 Å². The Kier molecular flexibility index (Phi) is 9.78. The van der Waals surface area contributed by atoms with Crippen LogP contribution in [0.2, 0.25) is 5.02 Å². The molecule has 0 aliphatic heterocycles. The van der Waals surface area contributed by atoms with Crippen LogP contribution in [0.5, 0.6) is 17.2 Å². The fraction of sp³-hybridized carbons (Fsp3) is 0.225. The van der Waals surface area contributed by atoms with Gasteiger partial charge in [-0.1, -0.05) is 80.0 Å². The third-order valence-electron chi connectivity index (χ3n) is 8.18. The van der Waals surface area contributed by atoms with Crippen LogP contribution in [0, 0.1) is 6.92 Å². The number of hydrogen-bond acceptors (Lipinski definition) is 6. The predicted molar refractivity (Wildman–Crippen MR) is 195 cm³/mol. The molecule has 0 radical (unpaired) electrons. The number of aryl methyl sites for hydroxylation is 1. The lowest BCUT2D eigenvalue weighted by atomic mass is 9.96. The van der Waals surface area contributed by atoms with Crippen LogP contribution in [0.25, 0.3) is 33.1 Å². The number of hydrogen-bond donors (Lipinski definition) is 0. The van der Waals surface area contributed by atoms with Gasteiger partial charge in [0.1, 0.15) is 12.4 Å². The second kappa shape index (κ2) is 14.3. The summed E-state index contributed by atoms with van der Waals surface area (Å²) in [6.07, 6.45) is 1.59. The zero-order valence-electron chi connectivity index (χ0n) is 27.8. The fourth-order valence-electron chi connectivity index (χ4n) is 5.83. The summed E-state index contributed by atoms with van der Waals surface area (Å²) in [5, 5.41) is 7.80. The van der Waals surface area contributed by atoms with E-state index >= 15 is 0 Å². The summed E-state index contributed by atoms with van der Waals surface area (Å²) in [4.78, 5) is 18.9. The van der Waals surface area contributed by atoms with Crippen molar-refractivity contribution in [2.75, 3.05) is 13.2 Å². The molecule has 8 heteroatoms. The first-order chi connectivity index (χ1) is 23.3. The topological polar surface area (TPSA) is 74.9 Å². The second-order valence-corrected chi connectivity index (χ2v) is 12.2. The van der Waals surface area contributed by atoms with Crippen molar-refractivity contribution in [1.29, 1.82) is 0 Å². The summed E-state index contributed by atoms with van der Waals surface area (Å²) < 4.78 is 19.6. The maximum Gasteiger partial charge on any atom is 0.282 e. The Bertz CT molecular complexity index is 2200. The quantitative estimate of drug-likeness (QED) is 0.130. The third kappa shape index (κ3) is 6.64. The molecule has 1 heterocycles. The number of fused-ring (bicyclic) bond motifs is 2. The van der Waals surface area contributed by atoms with E-state index < -0.39 is 0 Å². The highest BCUT2D eigenvalue weighted by atomic mass is 35.5. The smallest absolute Gasteiger partial charge is 0.282 e. The Balaban J connectivity index is 1.41. The molecule has 0 spiro atoms. The molecule has 6 aromatic rings. The molecule has 7 nitrogen and oxygen atoms in total. The van der Waals surface area contributed by atoms with Crippen molar-refractivity contribution in [2.45, 2.75) is 47.1 Å². The molecule has 0 unspecified atom stereocenters. The molecule has 5 aromatic carbocycles. The van der Waals surface area contributed by atoms with Gasteiger partial charge in [0.25, 0.3) is 5.56 Å². The summed E-state index contributed by atoms with van der Waals surface area (Å²) in [7, 11) is 0. The van der Waals surface area contributed by atoms with Crippen LogP contribution in [0.1, 0.15) is 55.9 Å². The lowest BCUT2D eigenvalue weighted by molar-refractivity contribution is 0.270. The van der Waals surface area contributed by atoms with Gasteiger partial charge >= 0.3 is 0 Å². The van der Waals surface area contributed by atoms with Crippen LogP contribution in [-0.2, 0) is 6.61 Å². The van der Waals surface area contributed by atoms with E-state index in [-0.39, 0.29) is 11.5 Å². The standard InChI is InChI=1S/C40H38ClN3O4/c1-6-46-36-19-26(5)33(22-32(36)25(3)4)39-43-35-18-11-10-17-31(35)40(45)44(39)42-23-27-20-34(41)38(37(21-27)47-7-2)48-24-29-15-12-14-28-13-8-9-16-30(28)29/h8-23,25H,6-7,24H2,1-5H3. The van der Waals surface area contributed by atoms with Gasteiger partial charge in [0.2, 0.25) is 0 Å². The van der Waals surface area contributed by atoms with Crippen molar-refractivity contribution < 1.29 is 14.2 Å². The lowest BCUT2D eigenvalue weighted by Gasteiger charge is -2.18. The minimum Gasteiger partial charge on any atom is -0.494 e. The summed E-state index contributed by atoms with van der Waals surface area (Å²) in [6, 6.07) is 29.3. The predicted octanol–water partition coefficient (Wildman–Crippen LogP) is 9.56. The van der Waals surface area contributed by atoms with Crippen molar-refractivity contribution in [3.8, 4) is 28.6 Å². The van der Waals surface area contributed by atoms with Crippen LogP contribution in [0.4, 0.5) is 0 Å². The average molecular weight is 660 g/mol. The summed E-state index contributed by atoms with van der Waals surface area (Å²) >= 11 is 6.82. The minimum atomic E-state index is -0.280. The van der Waals surface area contributed by atoms with Crippen molar-refractivity contribution in [1.82, 2.24) is 9.66 Å². The molecule has 0 aliphatic carbocycles. The Morgan fingerprint density at radius 2 is 1.56 bits per heavy atom. The maximum absolute atomic E-state index is 14.0. The molecule has 0 N–H and O–H groups in total. The average Bonchev–Trinajstić information content (AvgIpc) is 3.08. The van der Waals surface area contributed by atoms with Gasteiger partial charge in [-0.3, -0.25) is 4.79 Å². The van der Waals surface area contributed by atoms with Gasteiger partial charge in [-0.15, -0.1) is 0 Å². The summed E-state index contributed by atoms with van der Waals surface area (Å²) in [5.41, 5.74) is 4.74. The molecule has 1 aromatic heterocycles. The van der Waals surface area contributed by atoms with Crippen molar-refractivity contribution in [3.05, 3.63) is 129 Å². The normalized spacial score (nSPS) is 11.6. The number of nitrogens with zero attached hydrogens (tertiary/aromatic N) is 3. The lowest BCUT2D eigenvalue weighted by Crippen LogP contribution is -2.21. The summed E-state index contributed by atoms with van der Waals surface area (Å²) in [6.45, 7) is 11.4. The number of benzene rings is 5. The molecule has 0 saturated heterocycles. The molecular weight excluding hydrogens is 622 g/mol. The highest BCUT2D eigenvalue weighted by molar-refractivity contribution is 6.32. The SMILES string of the molecule is CCOc1cc(C)c(-c2nc3ccccc3c(=O)n2N=Cc2cc(Cl)c(OCc3cccc4ccccc34)c(OCC)c2)cc1C(C)C. The molecule has 0 atom stereocenters. The first-order valence-electron chi connectivity index (χ1n) is 16.2. The maximum atomic E-state index is 14.0. The Hall–Kier alpha value is -5.14. The molecule has 6 rings (SSSR count). The second-order valence-electron chi connectivity index (χ2n) is 11.8. The Morgan fingerprint density at radius 1 is 0.854 bits per heavy atom. The van der Waals surface area contributed by atoms with Crippen LogP contribution in [-0.4, -0.2) is 29.1 Å². The van der Waals surface area contributed by atoms with Gasteiger partial charge in [0, 0.05) is 5.56 Å². The summed E-state index contributed by atoms with van der Waals surface area (Å²) in [5.74, 6) is 2.38. The Labute approximate surface area is 285 Å². The minimum absolute atomic E-state index is 0.190. The van der Waals surface area contributed by atoms with Gasteiger partial charge in [-0.25, -0.2) is 4.98 Å². The van der Waals surface area contributed by atoms with Crippen LogP contribution in [0.3, 0.4) is 0 Å². The van der Waals surface area contributed by atoms with Gasteiger partial charge < -0.3 is 14.2 Å². The van der Waals surface area contributed by atoms with Crippen LogP contribution in [0.15, 0.2) is 101 Å². The fourth-order valence-corrected chi connectivity index (χ4v) is 6.11. The zero-order chi connectivity index (χ0) is 33.8. The number of ether oxygens (including phenoxy) is 3. The van der Waals surface area contributed by atoms with E-state index in [4.69, 9.17) is 35.9 Å².